The highest BCUT2D eigenvalue weighted by molar-refractivity contribution is 7.09. The fourth-order valence-corrected chi connectivity index (χ4v) is 4.15. The lowest BCUT2D eigenvalue weighted by Gasteiger charge is -2.44. The van der Waals surface area contributed by atoms with Gasteiger partial charge in [0.25, 0.3) is 0 Å². The van der Waals surface area contributed by atoms with Crippen LogP contribution in [-0.2, 0) is 20.8 Å². The second kappa shape index (κ2) is 8.55. The number of rotatable bonds is 4. The summed E-state index contributed by atoms with van der Waals surface area (Å²) >= 11 is 1.62. The predicted octanol–water partition coefficient (Wildman–Crippen LogP) is 0.731. The topological polar surface area (TPSA) is 75.1 Å². The van der Waals surface area contributed by atoms with Crippen LogP contribution >= 0.6 is 11.3 Å². The third kappa shape index (κ3) is 4.98. The summed E-state index contributed by atoms with van der Waals surface area (Å²) in [5.74, 6) is 0.0882. The van der Waals surface area contributed by atoms with Gasteiger partial charge in [0.2, 0.25) is 5.91 Å². The van der Waals surface area contributed by atoms with Gasteiger partial charge in [0, 0.05) is 38.3 Å². The van der Waals surface area contributed by atoms with E-state index < -0.39 is 6.10 Å². The molecule has 1 N–H and O–H groups in total. The molecule has 0 saturated carbocycles. The Bertz CT molecular complexity index is 554. The average molecular weight is 369 g/mol. The molecule has 8 heteroatoms. The van der Waals surface area contributed by atoms with Crippen LogP contribution in [0.1, 0.15) is 24.3 Å². The number of ether oxygens (including phenoxy) is 2. The maximum atomic E-state index is 12.0. The molecule has 2 aliphatic heterocycles. The molecule has 0 aromatic carbocycles. The molecule has 0 spiro atoms. The van der Waals surface area contributed by atoms with Gasteiger partial charge in [-0.15, -0.1) is 11.3 Å². The molecule has 0 bridgehead atoms. The Hall–Kier alpha value is -1.06. The molecule has 1 aromatic heterocycles. The number of carbonyl (C=O) groups is 1. The zero-order valence-electron chi connectivity index (χ0n) is 14.8. The molecule has 2 fully saturated rings. The molecule has 4 atom stereocenters. The van der Waals surface area contributed by atoms with Crippen molar-refractivity contribution >= 4 is 17.2 Å². The second-order valence-corrected chi connectivity index (χ2v) is 7.96. The van der Waals surface area contributed by atoms with Crippen LogP contribution in [0.5, 0.6) is 0 Å². The van der Waals surface area contributed by atoms with Crippen LogP contribution in [0, 0.1) is 0 Å². The molecule has 1 aromatic rings. The number of thiazole rings is 1. The van der Waals surface area contributed by atoms with E-state index in [4.69, 9.17) is 9.47 Å². The molecule has 7 nitrogen and oxygen atoms in total. The number of amides is 1. The number of nitrogens with zero attached hydrogens (tertiary/aromatic N) is 3. The number of aliphatic hydroxyl groups is 1. The minimum absolute atomic E-state index is 0.0641. The van der Waals surface area contributed by atoms with E-state index >= 15 is 0 Å². The minimum Gasteiger partial charge on any atom is -0.389 e. The highest BCUT2D eigenvalue weighted by Gasteiger charge is 2.38. The third-order valence-corrected chi connectivity index (χ3v) is 5.57. The highest BCUT2D eigenvalue weighted by atomic mass is 32.1. The van der Waals surface area contributed by atoms with Crippen LogP contribution in [0.4, 0.5) is 0 Å². The van der Waals surface area contributed by atoms with Crippen molar-refractivity contribution in [2.24, 2.45) is 0 Å². The van der Waals surface area contributed by atoms with E-state index in [2.05, 4.69) is 9.88 Å². The van der Waals surface area contributed by atoms with E-state index in [1.54, 1.807) is 36.5 Å². The van der Waals surface area contributed by atoms with Crippen molar-refractivity contribution in [1.29, 1.82) is 0 Å². The molecule has 2 aliphatic rings. The summed E-state index contributed by atoms with van der Waals surface area (Å²) in [6.07, 6.45) is 3.33. The highest BCUT2D eigenvalue weighted by Crippen LogP contribution is 2.29. The van der Waals surface area contributed by atoms with Crippen molar-refractivity contribution in [3.05, 3.63) is 16.6 Å². The number of β-amino-alcohol motifs (C(OH)–C–C–N with tert-alkyl or cyclic N) is 1. The number of aromatic nitrogens is 1. The lowest BCUT2D eigenvalue weighted by Crippen LogP contribution is -2.55. The maximum Gasteiger partial charge on any atom is 0.224 e. The fraction of sp³-hybridized carbons (Fsp3) is 0.765. The standard InChI is InChI=1S/C17H27N3O4S/c1-19(2)17(22)7-13-3-4-14-15(24-13)11-23-10-12(21)8-20(14)9-16-18-5-6-25-16/h5-6,12-15,21H,3-4,7-11H2,1-2H3/t12-,13-,14-,15+/m1/s1. The van der Waals surface area contributed by atoms with Crippen molar-refractivity contribution in [2.75, 3.05) is 33.9 Å². The first-order valence-corrected chi connectivity index (χ1v) is 9.64. The van der Waals surface area contributed by atoms with Gasteiger partial charge in [0.1, 0.15) is 5.01 Å². The molecule has 0 radical (unpaired) electrons. The van der Waals surface area contributed by atoms with Gasteiger partial charge in [-0.05, 0) is 12.8 Å². The van der Waals surface area contributed by atoms with E-state index in [1.807, 2.05) is 5.38 Å². The minimum atomic E-state index is -0.506. The Balaban J connectivity index is 1.67. The maximum absolute atomic E-state index is 12.0. The van der Waals surface area contributed by atoms with E-state index in [0.29, 0.717) is 32.7 Å². The molecule has 0 aliphatic carbocycles. The van der Waals surface area contributed by atoms with Crippen molar-refractivity contribution in [3.8, 4) is 0 Å². The van der Waals surface area contributed by atoms with Crippen molar-refractivity contribution < 1.29 is 19.4 Å². The summed E-state index contributed by atoms with van der Waals surface area (Å²) in [4.78, 5) is 20.2. The summed E-state index contributed by atoms with van der Waals surface area (Å²) in [5, 5.41) is 13.2. The first-order chi connectivity index (χ1) is 12.0. The lowest BCUT2D eigenvalue weighted by atomic mass is 9.94. The van der Waals surface area contributed by atoms with E-state index in [-0.39, 0.29) is 24.2 Å². The van der Waals surface area contributed by atoms with Gasteiger partial charge in [0.05, 0.1) is 44.5 Å². The number of carbonyl (C=O) groups excluding carboxylic acids is 1. The van der Waals surface area contributed by atoms with Gasteiger partial charge in [-0.2, -0.15) is 0 Å². The zero-order chi connectivity index (χ0) is 17.8. The lowest BCUT2D eigenvalue weighted by molar-refractivity contribution is -0.160. The molecule has 1 amide bonds. The van der Waals surface area contributed by atoms with Crippen LogP contribution in [0.3, 0.4) is 0 Å². The smallest absolute Gasteiger partial charge is 0.224 e. The third-order valence-electron chi connectivity index (χ3n) is 4.81. The molecular formula is C17H27N3O4S. The Morgan fingerprint density at radius 1 is 1.44 bits per heavy atom. The van der Waals surface area contributed by atoms with Crippen molar-refractivity contribution in [3.63, 3.8) is 0 Å². The number of aliphatic hydroxyl groups excluding tert-OH is 1. The summed E-state index contributed by atoms with van der Waals surface area (Å²) in [6.45, 7) is 2.01. The van der Waals surface area contributed by atoms with Crippen molar-refractivity contribution in [1.82, 2.24) is 14.8 Å². The predicted molar refractivity (Wildman–Crippen MR) is 94.3 cm³/mol. The van der Waals surface area contributed by atoms with E-state index in [9.17, 15) is 9.90 Å². The van der Waals surface area contributed by atoms with Crippen LogP contribution < -0.4 is 0 Å². The van der Waals surface area contributed by atoms with E-state index in [0.717, 1.165) is 17.8 Å². The van der Waals surface area contributed by atoms with Gasteiger partial charge < -0.3 is 19.5 Å². The van der Waals surface area contributed by atoms with E-state index in [1.165, 1.54) is 0 Å². The molecule has 2 saturated heterocycles. The van der Waals surface area contributed by atoms with Gasteiger partial charge in [0.15, 0.2) is 0 Å². The second-order valence-electron chi connectivity index (χ2n) is 6.98. The molecule has 25 heavy (non-hydrogen) atoms. The Morgan fingerprint density at radius 2 is 2.28 bits per heavy atom. The average Bonchev–Trinajstić information content (AvgIpc) is 3.06. The molecule has 3 rings (SSSR count). The van der Waals surface area contributed by atoms with Gasteiger partial charge in [-0.25, -0.2) is 4.98 Å². The number of fused-ring (bicyclic) bond motifs is 1. The Kier molecular flexibility index (Phi) is 6.40. The van der Waals surface area contributed by atoms with Crippen LogP contribution in [0.25, 0.3) is 0 Å². The summed E-state index contributed by atoms with van der Waals surface area (Å²) < 4.78 is 11.8. The zero-order valence-corrected chi connectivity index (χ0v) is 15.7. The van der Waals surface area contributed by atoms with Crippen LogP contribution in [-0.4, -0.2) is 84.0 Å². The Morgan fingerprint density at radius 3 is 3.00 bits per heavy atom. The first kappa shape index (κ1) is 18.7. The molecular weight excluding hydrogens is 342 g/mol. The molecule has 0 unspecified atom stereocenters. The number of hydrogen-bond acceptors (Lipinski definition) is 7. The quantitative estimate of drug-likeness (QED) is 0.843. The fourth-order valence-electron chi connectivity index (χ4n) is 3.51. The van der Waals surface area contributed by atoms with Crippen LogP contribution in [0.2, 0.25) is 0 Å². The van der Waals surface area contributed by atoms with Crippen molar-refractivity contribution in [2.45, 2.75) is 50.2 Å². The summed E-state index contributed by atoms with van der Waals surface area (Å²) in [7, 11) is 3.54. The Labute approximate surface area is 152 Å². The first-order valence-electron chi connectivity index (χ1n) is 8.76. The van der Waals surface area contributed by atoms with Gasteiger partial charge in [-0.1, -0.05) is 0 Å². The summed E-state index contributed by atoms with van der Waals surface area (Å²) in [6, 6.07) is 0.171. The normalized spacial score (nSPS) is 31.0. The monoisotopic (exact) mass is 369 g/mol. The van der Waals surface area contributed by atoms with Gasteiger partial charge in [-0.3, -0.25) is 9.69 Å². The molecule has 140 valence electrons. The largest absolute Gasteiger partial charge is 0.389 e. The SMILES string of the molecule is CN(C)C(=O)C[C@H]1CC[C@@H]2[C@H](COC[C@H](O)CN2Cc2nccs2)O1. The summed E-state index contributed by atoms with van der Waals surface area (Å²) in [5.41, 5.74) is 0. The van der Waals surface area contributed by atoms with Gasteiger partial charge >= 0.3 is 0 Å². The number of hydrogen-bond donors (Lipinski definition) is 1. The van der Waals surface area contributed by atoms with Crippen LogP contribution in [0.15, 0.2) is 11.6 Å². The molecule has 3 heterocycles.